The van der Waals surface area contributed by atoms with E-state index in [1.165, 1.54) is 10.9 Å². The molecule has 0 unspecified atom stereocenters. The molecule has 4 rings (SSSR count). The van der Waals surface area contributed by atoms with Crippen molar-refractivity contribution in [2.75, 3.05) is 5.32 Å². The normalized spacial score (nSPS) is 14.0. The van der Waals surface area contributed by atoms with Gasteiger partial charge in [-0.3, -0.25) is 19.0 Å². The number of para-hydroxylation sites is 1. The van der Waals surface area contributed by atoms with E-state index in [4.69, 9.17) is 0 Å². The van der Waals surface area contributed by atoms with E-state index in [0.29, 0.717) is 22.2 Å². The molecule has 1 saturated carbocycles. The van der Waals surface area contributed by atoms with Gasteiger partial charge >= 0.3 is 0 Å². The van der Waals surface area contributed by atoms with Crippen LogP contribution >= 0.6 is 15.9 Å². The predicted octanol–water partition coefficient (Wildman–Crippen LogP) is 3.47. The number of hydrogen-bond donors (Lipinski definition) is 2. The summed E-state index contributed by atoms with van der Waals surface area (Å²) in [5.41, 5.74) is 1.09. The van der Waals surface area contributed by atoms with Crippen LogP contribution in [0.25, 0.3) is 10.9 Å². The van der Waals surface area contributed by atoms with Crippen LogP contribution in [0.15, 0.2) is 58.1 Å². The zero-order valence-electron chi connectivity index (χ0n) is 16.2. The van der Waals surface area contributed by atoms with Gasteiger partial charge in [0.15, 0.2) is 0 Å². The van der Waals surface area contributed by atoms with Gasteiger partial charge in [0.2, 0.25) is 5.91 Å². The highest BCUT2D eigenvalue weighted by Crippen LogP contribution is 2.20. The van der Waals surface area contributed by atoms with E-state index in [2.05, 4.69) is 31.5 Å². The number of benzene rings is 2. The monoisotopic (exact) mass is 468 g/mol. The van der Waals surface area contributed by atoms with E-state index in [9.17, 15) is 14.4 Å². The lowest BCUT2D eigenvalue weighted by atomic mass is 10.1. The minimum atomic E-state index is -0.408. The second kappa shape index (κ2) is 8.79. The average molecular weight is 469 g/mol. The van der Waals surface area contributed by atoms with Crippen molar-refractivity contribution in [3.63, 3.8) is 0 Å². The van der Waals surface area contributed by atoms with Gasteiger partial charge < -0.3 is 10.6 Å². The van der Waals surface area contributed by atoms with Crippen molar-refractivity contribution >= 4 is 44.3 Å². The number of halogens is 1. The van der Waals surface area contributed by atoms with Crippen molar-refractivity contribution in [2.45, 2.75) is 38.3 Å². The molecular weight excluding hydrogens is 448 g/mol. The maximum Gasteiger partial charge on any atom is 0.261 e. The Labute approximate surface area is 181 Å². The van der Waals surface area contributed by atoms with Gasteiger partial charge in [-0.1, -0.05) is 40.9 Å². The Morgan fingerprint density at radius 2 is 1.90 bits per heavy atom. The van der Waals surface area contributed by atoms with E-state index < -0.39 is 5.91 Å². The first-order valence-corrected chi connectivity index (χ1v) is 10.6. The van der Waals surface area contributed by atoms with Crippen LogP contribution in [-0.2, 0) is 11.3 Å². The zero-order valence-corrected chi connectivity index (χ0v) is 17.8. The topological polar surface area (TPSA) is 93.1 Å². The minimum Gasteiger partial charge on any atom is -0.349 e. The molecule has 1 aliphatic rings. The van der Waals surface area contributed by atoms with Crippen LogP contribution in [0.5, 0.6) is 0 Å². The lowest BCUT2D eigenvalue weighted by Crippen LogP contribution is -2.33. The zero-order chi connectivity index (χ0) is 21.1. The summed E-state index contributed by atoms with van der Waals surface area (Å²) in [5.74, 6) is -0.610. The van der Waals surface area contributed by atoms with E-state index in [1.807, 2.05) is 0 Å². The Bertz CT molecular complexity index is 1170. The smallest absolute Gasteiger partial charge is 0.261 e. The largest absolute Gasteiger partial charge is 0.349 e. The molecule has 0 aliphatic heterocycles. The molecule has 8 heteroatoms. The second-order valence-electron chi connectivity index (χ2n) is 7.39. The Hall–Kier alpha value is -3.00. The molecule has 1 heterocycles. The molecule has 2 N–H and O–H groups in total. The van der Waals surface area contributed by atoms with Gasteiger partial charge in [-0.15, -0.1) is 0 Å². The molecule has 0 saturated heterocycles. The molecule has 154 valence electrons. The van der Waals surface area contributed by atoms with E-state index in [1.54, 1.807) is 42.5 Å². The molecule has 0 atom stereocenters. The lowest BCUT2D eigenvalue weighted by molar-refractivity contribution is -0.116. The maximum atomic E-state index is 12.7. The van der Waals surface area contributed by atoms with Gasteiger partial charge in [0.25, 0.3) is 11.5 Å². The third-order valence-corrected chi connectivity index (χ3v) is 5.73. The summed E-state index contributed by atoms with van der Waals surface area (Å²) in [7, 11) is 0. The number of hydrogen-bond acceptors (Lipinski definition) is 4. The standard InChI is InChI=1S/C22H21BrN4O3/c23-14-9-10-18-17(11-14)22(30)27(13-24-18)12-20(28)26-19-8-4-3-7-16(19)21(29)25-15-5-1-2-6-15/h3-4,7-11,13,15H,1-2,5-6,12H2,(H,25,29)(H,26,28). The molecule has 30 heavy (non-hydrogen) atoms. The molecule has 0 bridgehead atoms. The molecule has 0 radical (unpaired) electrons. The minimum absolute atomic E-state index is 0.183. The van der Waals surface area contributed by atoms with Gasteiger partial charge in [0, 0.05) is 10.5 Å². The maximum absolute atomic E-state index is 12.7. The van der Waals surface area contributed by atoms with Crippen molar-refractivity contribution in [1.82, 2.24) is 14.9 Å². The van der Waals surface area contributed by atoms with Crippen molar-refractivity contribution < 1.29 is 9.59 Å². The summed E-state index contributed by atoms with van der Waals surface area (Å²) >= 11 is 3.35. The fourth-order valence-corrected chi connectivity index (χ4v) is 4.07. The molecule has 2 aromatic carbocycles. The van der Waals surface area contributed by atoms with Crippen LogP contribution < -0.4 is 16.2 Å². The molecule has 1 aromatic heterocycles. The number of carbonyl (C=O) groups excluding carboxylic acids is 2. The van der Waals surface area contributed by atoms with Crippen molar-refractivity contribution in [3.05, 3.63) is 69.2 Å². The van der Waals surface area contributed by atoms with Crippen molar-refractivity contribution in [3.8, 4) is 0 Å². The van der Waals surface area contributed by atoms with Gasteiger partial charge in [-0.25, -0.2) is 4.98 Å². The average Bonchev–Trinajstić information content (AvgIpc) is 3.24. The molecular formula is C22H21BrN4O3. The SMILES string of the molecule is O=C(Cn1cnc2ccc(Br)cc2c1=O)Nc1ccccc1C(=O)NC1CCCC1. The molecule has 2 amide bonds. The molecule has 1 fully saturated rings. The van der Waals surface area contributed by atoms with Crippen molar-refractivity contribution in [1.29, 1.82) is 0 Å². The number of nitrogens with zero attached hydrogens (tertiary/aromatic N) is 2. The highest BCUT2D eigenvalue weighted by atomic mass is 79.9. The Balaban J connectivity index is 1.51. The van der Waals surface area contributed by atoms with Crippen LogP contribution in [0.4, 0.5) is 5.69 Å². The number of nitrogens with one attached hydrogen (secondary N) is 2. The second-order valence-corrected chi connectivity index (χ2v) is 8.30. The molecule has 7 nitrogen and oxygen atoms in total. The number of anilines is 1. The highest BCUT2D eigenvalue weighted by Gasteiger charge is 2.20. The van der Waals surface area contributed by atoms with Crippen LogP contribution in [-0.4, -0.2) is 27.4 Å². The summed E-state index contributed by atoms with van der Waals surface area (Å²) in [5, 5.41) is 6.21. The summed E-state index contributed by atoms with van der Waals surface area (Å²) in [6, 6.07) is 12.3. The third kappa shape index (κ3) is 4.43. The number of amides is 2. The summed E-state index contributed by atoms with van der Waals surface area (Å²) in [6.07, 6.45) is 5.56. The Morgan fingerprint density at radius 3 is 2.70 bits per heavy atom. The fraction of sp³-hybridized carbons (Fsp3) is 0.273. The van der Waals surface area contributed by atoms with Gasteiger partial charge in [-0.05, 0) is 43.2 Å². The summed E-state index contributed by atoms with van der Waals surface area (Å²) < 4.78 is 2.02. The van der Waals surface area contributed by atoms with Gasteiger partial charge in [-0.2, -0.15) is 0 Å². The van der Waals surface area contributed by atoms with Crippen molar-refractivity contribution in [2.24, 2.45) is 0 Å². The summed E-state index contributed by atoms with van der Waals surface area (Å²) in [6.45, 7) is -0.202. The number of rotatable bonds is 5. The highest BCUT2D eigenvalue weighted by molar-refractivity contribution is 9.10. The molecule has 0 spiro atoms. The number of aromatic nitrogens is 2. The van der Waals surface area contributed by atoms with Crippen LogP contribution in [0.1, 0.15) is 36.0 Å². The first-order chi connectivity index (χ1) is 14.5. The van der Waals surface area contributed by atoms with E-state index in [-0.39, 0.29) is 24.1 Å². The molecule has 1 aliphatic carbocycles. The van der Waals surface area contributed by atoms with Crippen LogP contribution in [0.2, 0.25) is 0 Å². The number of carbonyl (C=O) groups is 2. The Kier molecular flexibility index (Phi) is 5.94. The van der Waals surface area contributed by atoms with Gasteiger partial charge in [0.1, 0.15) is 6.54 Å². The quantitative estimate of drug-likeness (QED) is 0.599. The van der Waals surface area contributed by atoms with Gasteiger partial charge in [0.05, 0.1) is 28.5 Å². The molecule has 3 aromatic rings. The van der Waals surface area contributed by atoms with Crippen LogP contribution in [0, 0.1) is 0 Å². The fourth-order valence-electron chi connectivity index (χ4n) is 3.71. The Morgan fingerprint density at radius 1 is 1.13 bits per heavy atom. The number of fused-ring (bicyclic) bond motifs is 1. The van der Waals surface area contributed by atoms with E-state index >= 15 is 0 Å². The third-order valence-electron chi connectivity index (χ3n) is 5.24. The summed E-state index contributed by atoms with van der Waals surface area (Å²) in [4.78, 5) is 42.2. The van der Waals surface area contributed by atoms with Crippen LogP contribution in [0.3, 0.4) is 0 Å². The first kappa shape index (κ1) is 20.3. The van der Waals surface area contributed by atoms with E-state index in [0.717, 1.165) is 30.2 Å². The predicted molar refractivity (Wildman–Crippen MR) is 118 cm³/mol. The lowest BCUT2D eigenvalue weighted by Gasteiger charge is -2.15. The first-order valence-electron chi connectivity index (χ1n) is 9.86.